The summed E-state index contributed by atoms with van der Waals surface area (Å²) >= 11 is 0. The monoisotopic (exact) mass is 270 g/mol. The smallest absolute Gasteiger partial charge is 0.0973 e. The molecule has 4 aromatic rings. The molecule has 21 heavy (non-hydrogen) atoms. The predicted molar refractivity (Wildman–Crippen MR) is 87.2 cm³/mol. The van der Waals surface area contributed by atoms with Crippen molar-refractivity contribution >= 4 is 21.5 Å². The third-order valence-electron chi connectivity index (χ3n) is 3.77. The summed E-state index contributed by atoms with van der Waals surface area (Å²) in [6.07, 6.45) is 1.86. The minimum absolute atomic E-state index is 0.952. The van der Waals surface area contributed by atoms with Gasteiger partial charge in [-0.15, -0.1) is 0 Å². The molecule has 0 saturated heterocycles. The van der Waals surface area contributed by atoms with Crippen LogP contribution in [0.25, 0.3) is 32.9 Å². The van der Waals surface area contributed by atoms with E-state index in [0.717, 1.165) is 27.9 Å². The van der Waals surface area contributed by atoms with Gasteiger partial charge in [0.15, 0.2) is 0 Å². The number of rotatable bonds is 1. The fourth-order valence-electron chi connectivity index (χ4n) is 2.82. The van der Waals surface area contributed by atoms with Crippen LogP contribution in [0.3, 0.4) is 0 Å². The van der Waals surface area contributed by atoms with Crippen molar-refractivity contribution in [1.29, 1.82) is 0 Å². The van der Waals surface area contributed by atoms with Crippen LogP contribution in [-0.4, -0.2) is 9.97 Å². The van der Waals surface area contributed by atoms with Gasteiger partial charge in [0, 0.05) is 22.7 Å². The van der Waals surface area contributed by atoms with E-state index in [1.807, 2.05) is 37.4 Å². The molecule has 2 heterocycles. The van der Waals surface area contributed by atoms with E-state index in [9.17, 15) is 0 Å². The van der Waals surface area contributed by atoms with Crippen LogP contribution in [0.2, 0.25) is 0 Å². The maximum Gasteiger partial charge on any atom is 0.0973 e. The standard InChI is InChI=1S/C19H14N2/c1-13-12-15-7-3-5-9-17(15)19(21-13)18-16-8-4-2-6-14(16)10-11-20-18/h2-12H,1H3. The fraction of sp³-hybridized carbons (Fsp3) is 0.0526. The number of hydrogen-bond donors (Lipinski definition) is 0. The molecule has 100 valence electrons. The lowest BCUT2D eigenvalue weighted by Crippen LogP contribution is -1.93. The summed E-state index contributed by atoms with van der Waals surface area (Å²) in [5, 5.41) is 4.68. The van der Waals surface area contributed by atoms with Gasteiger partial charge in [-0.25, -0.2) is 0 Å². The van der Waals surface area contributed by atoms with Crippen molar-refractivity contribution in [1.82, 2.24) is 9.97 Å². The SMILES string of the molecule is Cc1cc2ccccc2c(-c2nccc3ccccc23)n1. The van der Waals surface area contributed by atoms with Crippen LogP contribution >= 0.6 is 0 Å². The molecule has 0 atom stereocenters. The minimum Gasteiger partial charge on any atom is -0.254 e. The highest BCUT2D eigenvalue weighted by Crippen LogP contribution is 2.30. The third kappa shape index (κ3) is 1.96. The molecular weight excluding hydrogens is 256 g/mol. The van der Waals surface area contributed by atoms with Crippen LogP contribution in [-0.2, 0) is 0 Å². The van der Waals surface area contributed by atoms with Crippen molar-refractivity contribution in [3.8, 4) is 11.4 Å². The summed E-state index contributed by atoms with van der Waals surface area (Å²) in [4.78, 5) is 9.37. The van der Waals surface area contributed by atoms with Crippen LogP contribution < -0.4 is 0 Å². The molecule has 0 fully saturated rings. The maximum absolute atomic E-state index is 4.76. The number of fused-ring (bicyclic) bond motifs is 2. The topological polar surface area (TPSA) is 25.8 Å². The first-order chi connectivity index (χ1) is 10.3. The van der Waals surface area contributed by atoms with Gasteiger partial charge < -0.3 is 0 Å². The molecular formula is C19H14N2. The Morgan fingerprint density at radius 1 is 0.714 bits per heavy atom. The number of nitrogens with zero attached hydrogens (tertiary/aromatic N) is 2. The van der Waals surface area contributed by atoms with Gasteiger partial charge in [0.25, 0.3) is 0 Å². The fourth-order valence-corrected chi connectivity index (χ4v) is 2.82. The molecule has 0 unspecified atom stereocenters. The summed E-state index contributed by atoms with van der Waals surface area (Å²) in [6.45, 7) is 2.03. The molecule has 0 aliphatic rings. The van der Waals surface area contributed by atoms with E-state index in [-0.39, 0.29) is 0 Å². The number of benzene rings is 2. The zero-order valence-corrected chi connectivity index (χ0v) is 11.7. The highest BCUT2D eigenvalue weighted by atomic mass is 14.8. The average Bonchev–Trinajstić information content (AvgIpc) is 2.53. The quantitative estimate of drug-likeness (QED) is 0.498. The Kier molecular flexibility index (Phi) is 2.68. The van der Waals surface area contributed by atoms with E-state index in [1.165, 1.54) is 10.8 Å². The Morgan fingerprint density at radius 3 is 2.19 bits per heavy atom. The molecule has 2 aromatic heterocycles. The zero-order valence-electron chi connectivity index (χ0n) is 11.7. The summed E-state index contributed by atoms with van der Waals surface area (Å²) in [5.41, 5.74) is 2.92. The van der Waals surface area contributed by atoms with Crippen LogP contribution in [0.5, 0.6) is 0 Å². The lowest BCUT2D eigenvalue weighted by atomic mass is 10.0. The van der Waals surface area contributed by atoms with E-state index in [0.29, 0.717) is 0 Å². The van der Waals surface area contributed by atoms with Crippen molar-refractivity contribution < 1.29 is 0 Å². The number of hydrogen-bond acceptors (Lipinski definition) is 2. The number of aromatic nitrogens is 2. The molecule has 0 aliphatic heterocycles. The van der Waals surface area contributed by atoms with Gasteiger partial charge in [-0.05, 0) is 29.8 Å². The Labute approximate surface area is 123 Å². The number of aryl methyl sites for hydroxylation is 1. The Bertz CT molecular complexity index is 952. The second-order valence-corrected chi connectivity index (χ2v) is 5.21. The van der Waals surface area contributed by atoms with Gasteiger partial charge in [0.2, 0.25) is 0 Å². The second-order valence-electron chi connectivity index (χ2n) is 5.21. The molecule has 0 N–H and O–H groups in total. The maximum atomic E-state index is 4.76. The Morgan fingerprint density at radius 2 is 1.38 bits per heavy atom. The third-order valence-corrected chi connectivity index (χ3v) is 3.77. The van der Waals surface area contributed by atoms with Crippen molar-refractivity contribution in [2.24, 2.45) is 0 Å². The summed E-state index contributed by atoms with van der Waals surface area (Å²) in [6, 6.07) is 20.8. The van der Waals surface area contributed by atoms with Crippen molar-refractivity contribution in [2.45, 2.75) is 6.92 Å². The van der Waals surface area contributed by atoms with Crippen molar-refractivity contribution in [3.05, 3.63) is 72.6 Å². The lowest BCUT2D eigenvalue weighted by molar-refractivity contribution is 1.20. The average molecular weight is 270 g/mol. The van der Waals surface area contributed by atoms with Crippen LogP contribution in [0.15, 0.2) is 66.9 Å². The molecule has 0 amide bonds. The Hall–Kier alpha value is -2.74. The van der Waals surface area contributed by atoms with E-state index in [1.54, 1.807) is 0 Å². The van der Waals surface area contributed by atoms with Crippen molar-refractivity contribution in [3.63, 3.8) is 0 Å². The first kappa shape index (κ1) is 12.0. The molecule has 0 aliphatic carbocycles. The van der Waals surface area contributed by atoms with Crippen LogP contribution in [0, 0.1) is 6.92 Å². The lowest BCUT2D eigenvalue weighted by Gasteiger charge is -2.09. The van der Waals surface area contributed by atoms with E-state index in [2.05, 4.69) is 41.4 Å². The largest absolute Gasteiger partial charge is 0.254 e. The highest BCUT2D eigenvalue weighted by molar-refractivity contribution is 6.02. The van der Waals surface area contributed by atoms with Crippen LogP contribution in [0.4, 0.5) is 0 Å². The highest BCUT2D eigenvalue weighted by Gasteiger charge is 2.11. The molecule has 4 rings (SSSR count). The molecule has 0 saturated carbocycles. The van der Waals surface area contributed by atoms with Crippen LogP contribution in [0.1, 0.15) is 5.69 Å². The second kappa shape index (κ2) is 4.67. The van der Waals surface area contributed by atoms with Gasteiger partial charge in [0.1, 0.15) is 0 Å². The van der Waals surface area contributed by atoms with Gasteiger partial charge in [-0.3, -0.25) is 9.97 Å². The Balaban J connectivity index is 2.14. The van der Waals surface area contributed by atoms with Gasteiger partial charge in [0.05, 0.1) is 11.4 Å². The normalized spacial score (nSPS) is 11.1. The first-order valence-electron chi connectivity index (χ1n) is 7.03. The zero-order chi connectivity index (χ0) is 14.2. The van der Waals surface area contributed by atoms with E-state index < -0.39 is 0 Å². The molecule has 0 spiro atoms. The van der Waals surface area contributed by atoms with E-state index in [4.69, 9.17) is 4.98 Å². The molecule has 0 bridgehead atoms. The molecule has 2 aromatic carbocycles. The summed E-state index contributed by atoms with van der Waals surface area (Å²) in [5.74, 6) is 0. The summed E-state index contributed by atoms with van der Waals surface area (Å²) in [7, 11) is 0. The van der Waals surface area contributed by atoms with Gasteiger partial charge in [-0.1, -0.05) is 48.5 Å². The van der Waals surface area contributed by atoms with Crippen molar-refractivity contribution in [2.75, 3.05) is 0 Å². The number of pyridine rings is 2. The first-order valence-corrected chi connectivity index (χ1v) is 7.03. The molecule has 0 radical (unpaired) electrons. The minimum atomic E-state index is 0.952. The predicted octanol–water partition coefficient (Wildman–Crippen LogP) is 4.76. The molecule has 2 nitrogen and oxygen atoms in total. The van der Waals surface area contributed by atoms with E-state index >= 15 is 0 Å². The summed E-state index contributed by atoms with van der Waals surface area (Å²) < 4.78 is 0. The molecule has 2 heteroatoms. The van der Waals surface area contributed by atoms with Gasteiger partial charge >= 0.3 is 0 Å². The van der Waals surface area contributed by atoms with Gasteiger partial charge in [-0.2, -0.15) is 0 Å².